The van der Waals surface area contributed by atoms with Crippen LogP contribution in [0.15, 0.2) is 79.4 Å². The van der Waals surface area contributed by atoms with Gasteiger partial charge in [0.15, 0.2) is 0 Å². The molecule has 1 aliphatic rings. The van der Waals surface area contributed by atoms with Crippen molar-refractivity contribution in [1.29, 1.82) is 0 Å². The number of hydrogen-bond acceptors (Lipinski definition) is 7. The summed E-state index contributed by atoms with van der Waals surface area (Å²) < 4.78 is 13.7. The minimum atomic E-state index is -0.187. The Labute approximate surface area is 233 Å². The van der Waals surface area contributed by atoms with Crippen LogP contribution in [0.2, 0.25) is 0 Å². The van der Waals surface area contributed by atoms with E-state index in [0.29, 0.717) is 0 Å². The highest BCUT2D eigenvalue weighted by Gasteiger charge is 2.21. The highest BCUT2D eigenvalue weighted by Crippen LogP contribution is 2.32. The van der Waals surface area contributed by atoms with Crippen LogP contribution < -0.4 is 5.01 Å². The van der Waals surface area contributed by atoms with E-state index in [4.69, 9.17) is 0 Å². The molecule has 40 heavy (non-hydrogen) atoms. The quantitative estimate of drug-likeness (QED) is 0.251. The number of aromatic nitrogens is 5. The Morgan fingerprint density at radius 3 is 2.65 bits per heavy atom. The summed E-state index contributed by atoms with van der Waals surface area (Å²) in [5.74, 6) is -0.187. The lowest BCUT2D eigenvalue weighted by atomic mass is 9.98. The molecule has 2 aromatic heterocycles. The molecule has 3 heterocycles. The van der Waals surface area contributed by atoms with Gasteiger partial charge in [-0.2, -0.15) is 4.79 Å². The van der Waals surface area contributed by atoms with Crippen LogP contribution in [-0.4, -0.2) is 54.5 Å². The molecule has 0 unspecified atom stereocenters. The Morgan fingerprint density at radius 1 is 0.950 bits per heavy atom. The van der Waals surface area contributed by atoms with Crippen LogP contribution in [0.5, 0.6) is 0 Å². The van der Waals surface area contributed by atoms with Crippen LogP contribution >= 0.6 is 0 Å². The molecule has 0 aliphatic carbocycles. The molecule has 0 spiro atoms. The summed E-state index contributed by atoms with van der Waals surface area (Å²) in [6.45, 7) is 9.45. The van der Waals surface area contributed by atoms with E-state index in [9.17, 15) is 4.39 Å². The van der Waals surface area contributed by atoms with Gasteiger partial charge in [-0.3, -0.25) is 9.80 Å². The van der Waals surface area contributed by atoms with E-state index in [2.05, 4.69) is 79.3 Å². The van der Waals surface area contributed by atoms with Gasteiger partial charge < -0.3 is 0 Å². The molecule has 6 rings (SSSR count). The van der Waals surface area contributed by atoms with Crippen LogP contribution in [-0.2, 0) is 26.1 Å². The molecular weight excluding hydrogens is 503 g/mol. The molecule has 3 aromatic carbocycles. The van der Waals surface area contributed by atoms with E-state index in [1.54, 1.807) is 18.5 Å². The highest BCUT2D eigenvalue weighted by atomic mass is 19.1. The minimum absolute atomic E-state index is 0.187. The van der Waals surface area contributed by atoms with Gasteiger partial charge in [-0.1, -0.05) is 32.0 Å². The van der Waals surface area contributed by atoms with Crippen LogP contribution in [0, 0.1) is 5.82 Å². The van der Waals surface area contributed by atoms with Crippen LogP contribution in [0.1, 0.15) is 36.2 Å². The maximum Gasteiger partial charge on any atom is 0.123 e. The van der Waals surface area contributed by atoms with Crippen LogP contribution in [0.4, 0.5) is 15.8 Å². The van der Waals surface area contributed by atoms with Crippen molar-refractivity contribution in [3.05, 3.63) is 108 Å². The standard InChI is InChI=1S/C31H33FN8/c1-3-37(4-2)20-28-21-39(36-35-28)40(30-10-11-31-26(16-30)17-33-22-34-31)29-9-8-25-19-38(13-12-24(25)15-29)18-23-6-5-7-27(32)14-23/h5-11,14-17,21-22H,3-4,12-13,18-20H2,1-2H3. The Bertz CT molecular complexity index is 1610. The van der Waals surface area contributed by atoms with Gasteiger partial charge in [0.2, 0.25) is 0 Å². The maximum atomic E-state index is 13.7. The fourth-order valence-corrected chi connectivity index (χ4v) is 5.38. The number of anilines is 2. The zero-order valence-corrected chi connectivity index (χ0v) is 22.9. The van der Waals surface area contributed by atoms with Gasteiger partial charge in [-0.15, -0.1) is 5.10 Å². The Balaban J connectivity index is 1.32. The highest BCUT2D eigenvalue weighted by molar-refractivity contribution is 5.83. The van der Waals surface area contributed by atoms with Gasteiger partial charge in [-0.25, -0.2) is 19.4 Å². The summed E-state index contributed by atoms with van der Waals surface area (Å²) in [7, 11) is 0. The molecule has 0 amide bonds. The average Bonchev–Trinajstić information content (AvgIpc) is 3.44. The summed E-state index contributed by atoms with van der Waals surface area (Å²) in [5, 5.41) is 12.1. The molecule has 1 aliphatic heterocycles. The first-order chi connectivity index (χ1) is 19.6. The third-order valence-electron chi connectivity index (χ3n) is 7.57. The van der Waals surface area contributed by atoms with E-state index in [-0.39, 0.29) is 5.82 Å². The smallest absolute Gasteiger partial charge is 0.123 e. The lowest BCUT2D eigenvalue weighted by Gasteiger charge is -2.31. The predicted molar refractivity (Wildman–Crippen MR) is 154 cm³/mol. The van der Waals surface area contributed by atoms with Crippen LogP contribution in [0.25, 0.3) is 10.9 Å². The summed E-state index contributed by atoms with van der Waals surface area (Å²) >= 11 is 0. The zero-order valence-electron chi connectivity index (χ0n) is 22.9. The predicted octanol–water partition coefficient (Wildman–Crippen LogP) is 5.36. The summed E-state index contributed by atoms with van der Waals surface area (Å²) in [4.78, 5) is 15.1. The zero-order chi connectivity index (χ0) is 27.5. The Morgan fingerprint density at radius 2 is 1.80 bits per heavy atom. The fourth-order valence-electron chi connectivity index (χ4n) is 5.38. The summed E-state index contributed by atoms with van der Waals surface area (Å²) in [6.07, 6.45) is 6.32. The second kappa shape index (κ2) is 11.5. The van der Waals surface area contributed by atoms with Crippen molar-refractivity contribution in [1.82, 2.24) is 34.9 Å². The van der Waals surface area contributed by atoms with Gasteiger partial charge >= 0.3 is 0 Å². The third-order valence-corrected chi connectivity index (χ3v) is 7.57. The summed E-state index contributed by atoms with van der Waals surface area (Å²) in [6, 6.07) is 19.6. The van der Waals surface area contributed by atoms with Crippen molar-refractivity contribution < 1.29 is 4.39 Å². The fraction of sp³-hybridized carbons (Fsp3) is 0.290. The third kappa shape index (κ3) is 5.57. The molecule has 0 saturated heterocycles. The monoisotopic (exact) mass is 536 g/mol. The van der Waals surface area contributed by atoms with E-state index in [0.717, 1.165) is 79.2 Å². The first-order valence-corrected chi connectivity index (χ1v) is 13.8. The van der Waals surface area contributed by atoms with Crippen molar-refractivity contribution in [2.45, 2.75) is 39.9 Å². The van der Waals surface area contributed by atoms with Gasteiger partial charge in [0, 0.05) is 37.8 Å². The van der Waals surface area contributed by atoms with Gasteiger partial charge in [-0.05, 0) is 83.9 Å². The molecule has 204 valence electrons. The minimum Gasteiger partial charge on any atom is -0.298 e. The Hall–Kier alpha value is -4.21. The molecule has 0 saturated carbocycles. The summed E-state index contributed by atoms with van der Waals surface area (Å²) in [5.41, 5.74) is 7.37. The van der Waals surface area contributed by atoms with Gasteiger partial charge in [0.1, 0.15) is 12.1 Å². The lowest BCUT2D eigenvalue weighted by molar-refractivity contribution is 0.245. The van der Waals surface area contributed by atoms with Gasteiger partial charge in [0.05, 0.1) is 28.8 Å². The van der Waals surface area contributed by atoms with Crippen molar-refractivity contribution in [2.75, 3.05) is 24.6 Å². The molecule has 0 fully saturated rings. The van der Waals surface area contributed by atoms with Gasteiger partial charge in [0.25, 0.3) is 0 Å². The number of fused-ring (bicyclic) bond motifs is 2. The van der Waals surface area contributed by atoms with E-state index in [1.807, 2.05) is 29.3 Å². The number of benzene rings is 3. The number of hydrogen-bond donors (Lipinski definition) is 0. The SMILES string of the molecule is CCN(CC)Cc1cn(N(c2ccc3c(c2)CCN(Cc2cccc(F)c2)C3)c2ccc3ncncc3c2)nn1. The second-order valence-electron chi connectivity index (χ2n) is 10.2. The van der Waals surface area contributed by atoms with E-state index in [1.165, 1.54) is 17.2 Å². The number of rotatable bonds is 9. The number of nitrogens with zero attached hydrogens (tertiary/aromatic N) is 8. The van der Waals surface area contributed by atoms with E-state index >= 15 is 0 Å². The second-order valence-corrected chi connectivity index (χ2v) is 10.2. The van der Waals surface area contributed by atoms with Crippen molar-refractivity contribution in [3.8, 4) is 0 Å². The number of halogens is 1. The van der Waals surface area contributed by atoms with Crippen LogP contribution in [0.3, 0.4) is 0 Å². The first-order valence-electron chi connectivity index (χ1n) is 13.8. The normalized spacial score (nSPS) is 13.6. The van der Waals surface area contributed by atoms with Crippen molar-refractivity contribution in [2.24, 2.45) is 0 Å². The molecular formula is C31H33FN8. The molecule has 8 nitrogen and oxygen atoms in total. The topological polar surface area (TPSA) is 66.2 Å². The van der Waals surface area contributed by atoms with Crippen molar-refractivity contribution >= 4 is 22.3 Å². The Kier molecular flexibility index (Phi) is 7.48. The largest absolute Gasteiger partial charge is 0.298 e. The average molecular weight is 537 g/mol. The maximum absolute atomic E-state index is 13.7. The lowest BCUT2D eigenvalue weighted by Crippen LogP contribution is -2.31. The molecule has 0 atom stereocenters. The van der Waals surface area contributed by atoms with Crippen molar-refractivity contribution in [3.63, 3.8) is 0 Å². The molecule has 5 aromatic rings. The molecule has 0 radical (unpaired) electrons. The molecule has 0 N–H and O–H groups in total. The molecule has 9 heteroatoms. The first kappa shape index (κ1) is 26.0. The van der Waals surface area contributed by atoms with E-state index < -0.39 is 0 Å². The molecule has 0 bridgehead atoms.